The second kappa shape index (κ2) is 10.4. The van der Waals surface area contributed by atoms with E-state index >= 15 is 0 Å². The molecule has 7 nitrogen and oxygen atoms in total. The van der Waals surface area contributed by atoms with Crippen molar-refractivity contribution in [2.24, 2.45) is 0 Å². The molecule has 0 spiro atoms. The van der Waals surface area contributed by atoms with Crippen LogP contribution >= 0.6 is 0 Å². The molecule has 180 valence electrons. The number of carboxylic acid groups (broad SMARTS) is 1. The predicted octanol–water partition coefficient (Wildman–Crippen LogP) is 5.17. The summed E-state index contributed by atoms with van der Waals surface area (Å²) in [6, 6.07) is 19.1. The Morgan fingerprint density at radius 3 is 2.20 bits per heavy atom. The van der Waals surface area contributed by atoms with Crippen molar-refractivity contribution in [2.75, 3.05) is 11.9 Å². The first kappa shape index (κ1) is 23.9. The largest absolute Gasteiger partial charge is 0.478 e. The van der Waals surface area contributed by atoms with Gasteiger partial charge in [0.1, 0.15) is 18.0 Å². The summed E-state index contributed by atoms with van der Waals surface area (Å²) >= 11 is 0. The summed E-state index contributed by atoms with van der Waals surface area (Å²) in [6.07, 6.45) is -0.341. The zero-order valence-corrected chi connectivity index (χ0v) is 19.1. The zero-order chi connectivity index (χ0) is 24.9. The summed E-state index contributed by atoms with van der Waals surface area (Å²) in [5.74, 6) is -3.07. The molecule has 1 atom stereocenters. The van der Waals surface area contributed by atoms with Crippen LogP contribution in [0.5, 0.6) is 0 Å². The average Bonchev–Trinajstić information content (AvgIpc) is 3.16. The van der Waals surface area contributed by atoms with E-state index in [4.69, 9.17) is 4.74 Å². The van der Waals surface area contributed by atoms with E-state index in [1.165, 1.54) is 12.1 Å². The Balaban J connectivity index is 1.36. The molecule has 1 aliphatic carbocycles. The van der Waals surface area contributed by atoms with Crippen LogP contribution in [-0.2, 0) is 9.53 Å². The summed E-state index contributed by atoms with van der Waals surface area (Å²) in [5.41, 5.74) is 3.68. The van der Waals surface area contributed by atoms with Gasteiger partial charge < -0.3 is 20.5 Å². The van der Waals surface area contributed by atoms with Crippen LogP contribution in [0.2, 0.25) is 0 Å². The van der Waals surface area contributed by atoms with E-state index in [9.17, 15) is 23.9 Å². The number of rotatable bonds is 8. The molecular weight excluding hydrogens is 451 g/mol. The predicted molar refractivity (Wildman–Crippen MR) is 129 cm³/mol. The van der Waals surface area contributed by atoms with E-state index in [2.05, 4.69) is 10.6 Å². The topological polar surface area (TPSA) is 105 Å². The van der Waals surface area contributed by atoms with Crippen molar-refractivity contribution in [1.29, 1.82) is 0 Å². The van der Waals surface area contributed by atoms with Crippen LogP contribution in [0.3, 0.4) is 0 Å². The second-order valence-electron chi connectivity index (χ2n) is 8.29. The second-order valence-corrected chi connectivity index (χ2v) is 8.29. The highest BCUT2D eigenvalue weighted by molar-refractivity contribution is 6.00. The van der Waals surface area contributed by atoms with Crippen LogP contribution in [-0.4, -0.2) is 35.7 Å². The summed E-state index contributed by atoms with van der Waals surface area (Å²) < 4.78 is 19.4. The van der Waals surface area contributed by atoms with Gasteiger partial charge in [-0.2, -0.15) is 0 Å². The minimum absolute atomic E-state index is 0.0843. The van der Waals surface area contributed by atoms with Crippen molar-refractivity contribution in [3.63, 3.8) is 0 Å². The molecule has 35 heavy (non-hydrogen) atoms. The molecule has 0 radical (unpaired) electrons. The summed E-state index contributed by atoms with van der Waals surface area (Å²) in [4.78, 5) is 36.3. The van der Waals surface area contributed by atoms with Crippen LogP contribution in [0, 0.1) is 5.82 Å². The fourth-order valence-corrected chi connectivity index (χ4v) is 4.37. The maximum absolute atomic E-state index is 13.8. The molecule has 2 amide bonds. The monoisotopic (exact) mass is 476 g/mol. The molecule has 3 N–H and O–H groups in total. The van der Waals surface area contributed by atoms with Crippen molar-refractivity contribution in [3.8, 4) is 11.1 Å². The lowest BCUT2D eigenvalue weighted by atomic mass is 9.98. The van der Waals surface area contributed by atoms with Crippen molar-refractivity contribution < 1.29 is 28.6 Å². The molecule has 0 saturated carbocycles. The van der Waals surface area contributed by atoms with Gasteiger partial charge in [-0.15, -0.1) is 0 Å². The fourth-order valence-electron chi connectivity index (χ4n) is 4.37. The highest BCUT2D eigenvalue weighted by Gasteiger charge is 2.29. The van der Waals surface area contributed by atoms with Crippen molar-refractivity contribution in [3.05, 3.63) is 89.2 Å². The van der Waals surface area contributed by atoms with E-state index in [1.807, 2.05) is 48.5 Å². The maximum atomic E-state index is 13.8. The Labute approximate surface area is 201 Å². The normalized spacial score (nSPS) is 12.9. The third-order valence-electron chi connectivity index (χ3n) is 6.09. The summed E-state index contributed by atoms with van der Waals surface area (Å²) in [5, 5.41) is 14.3. The molecule has 0 aromatic heterocycles. The number of carboxylic acids is 1. The lowest BCUT2D eigenvalue weighted by Crippen LogP contribution is -2.38. The number of nitrogens with one attached hydrogen (secondary N) is 2. The van der Waals surface area contributed by atoms with Crippen LogP contribution in [0.1, 0.15) is 47.2 Å². The van der Waals surface area contributed by atoms with Gasteiger partial charge in [-0.3, -0.25) is 4.79 Å². The highest BCUT2D eigenvalue weighted by Crippen LogP contribution is 2.44. The molecule has 8 heteroatoms. The molecule has 0 heterocycles. The Morgan fingerprint density at radius 2 is 1.60 bits per heavy atom. The molecule has 4 rings (SSSR count). The van der Waals surface area contributed by atoms with E-state index < -0.39 is 35.4 Å². The highest BCUT2D eigenvalue weighted by atomic mass is 19.1. The van der Waals surface area contributed by atoms with Gasteiger partial charge in [0.2, 0.25) is 5.91 Å². The quantitative estimate of drug-likeness (QED) is 0.416. The first-order valence-corrected chi connectivity index (χ1v) is 11.3. The van der Waals surface area contributed by atoms with Crippen LogP contribution in [0.15, 0.2) is 66.7 Å². The molecule has 0 saturated heterocycles. The van der Waals surface area contributed by atoms with Gasteiger partial charge in [0.15, 0.2) is 0 Å². The summed E-state index contributed by atoms with van der Waals surface area (Å²) in [7, 11) is 0. The molecule has 1 aliphatic rings. The Hall–Kier alpha value is -4.20. The number of amides is 2. The lowest BCUT2D eigenvalue weighted by molar-refractivity contribution is -0.116. The maximum Gasteiger partial charge on any atom is 0.407 e. The molecule has 0 bridgehead atoms. The molecule has 0 fully saturated rings. The van der Waals surface area contributed by atoms with Gasteiger partial charge in [0.05, 0.1) is 5.69 Å². The van der Waals surface area contributed by atoms with Gasteiger partial charge in [0, 0.05) is 18.4 Å². The Kier molecular flexibility index (Phi) is 7.10. The Morgan fingerprint density at radius 1 is 0.971 bits per heavy atom. The van der Waals surface area contributed by atoms with Crippen LogP contribution < -0.4 is 10.6 Å². The molecule has 3 aromatic rings. The van der Waals surface area contributed by atoms with E-state index in [-0.39, 0.29) is 24.6 Å². The van der Waals surface area contributed by atoms with Gasteiger partial charge in [0.25, 0.3) is 0 Å². The first-order chi connectivity index (χ1) is 16.9. The van der Waals surface area contributed by atoms with Gasteiger partial charge >= 0.3 is 12.1 Å². The number of fused-ring (bicyclic) bond motifs is 3. The third-order valence-corrected chi connectivity index (χ3v) is 6.09. The first-order valence-electron chi connectivity index (χ1n) is 11.3. The SMILES string of the molecule is CC[C@H](CC(=O)Nc1cccc(F)c1C(=O)O)NC(=O)OCC1c2ccccc2-c2ccccc21. The van der Waals surface area contributed by atoms with Gasteiger partial charge in [-0.25, -0.2) is 14.0 Å². The summed E-state index contributed by atoms with van der Waals surface area (Å²) in [6.45, 7) is 1.94. The number of carbonyl (C=O) groups excluding carboxylic acids is 2. The minimum atomic E-state index is -1.48. The number of alkyl carbamates (subject to hydrolysis) is 1. The van der Waals surface area contributed by atoms with Gasteiger partial charge in [-0.05, 0) is 40.8 Å². The third kappa shape index (κ3) is 5.16. The number of benzene rings is 3. The molecule has 3 aromatic carbocycles. The zero-order valence-electron chi connectivity index (χ0n) is 19.1. The number of aromatic carboxylic acids is 1. The van der Waals surface area contributed by atoms with Crippen LogP contribution in [0.25, 0.3) is 11.1 Å². The van der Waals surface area contributed by atoms with Crippen molar-refractivity contribution in [2.45, 2.75) is 31.7 Å². The van der Waals surface area contributed by atoms with Gasteiger partial charge in [-0.1, -0.05) is 61.5 Å². The van der Waals surface area contributed by atoms with E-state index in [1.54, 1.807) is 6.92 Å². The number of hydrogen-bond acceptors (Lipinski definition) is 4. The Bertz CT molecular complexity index is 1230. The number of hydrogen-bond donors (Lipinski definition) is 3. The number of carbonyl (C=O) groups is 3. The average molecular weight is 477 g/mol. The molecule has 0 unspecified atom stereocenters. The van der Waals surface area contributed by atoms with Crippen molar-refractivity contribution >= 4 is 23.7 Å². The van der Waals surface area contributed by atoms with Crippen LogP contribution in [0.4, 0.5) is 14.9 Å². The van der Waals surface area contributed by atoms with Crippen molar-refractivity contribution in [1.82, 2.24) is 5.32 Å². The standard InChI is InChI=1S/C27H25FN2O5/c1-2-16(14-24(31)30-23-13-7-12-22(28)25(23)26(32)33)29-27(34)35-15-21-19-10-5-3-8-17(19)18-9-4-6-11-20(18)21/h3-13,16,21H,2,14-15H2,1H3,(H,29,34)(H,30,31)(H,32,33)/t16-/m1/s1. The van der Waals surface area contributed by atoms with E-state index in [0.29, 0.717) is 6.42 Å². The van der Waals surface area contributed by atoms with E-state index in [0.717, 1.165) is 28.3 Å². The minimum Gasteiger partial charge on any atom is -0.478 e. The fraction of sp³-hybridized carbons (Fsp3) is 0.222. The number of ether oxygens (including phenoxy) is 1. The lowest BCUT2D eigenvalue weighted by Gasteiger charge is -2.19. The number of anilines is 1. The molecule has 0 aliphatic heterocycles. The molecular formula is C27H25FN2O5. The number of halogens is 1. The smallest absolute Gasteiger partial charge is 0.407 e.